The van der Waals surface area contributed by atoms with Gasteiger partial charge in [0.1, 0.15) is 12.1 Å². The molecule has 370 valence electrons. The molecule has 0 fully saturated rings. The average molecular weight is 1020 g/mol. The van der Waals surface area contributed by atoms with Crippen LogP contribution in [-0.4, -0.2) is 24.1 Å². The van der Waals surface area contributed by atoms with E-state index < -0.39 is 0 Å². The second-order valence-electron chi connectivity index (χ2n) is 19.7. The molecule has 80 heavy (non-hydrogen) atoms. The van der Waals surface area contributed by atoms with E-state index in [0.717, 1.165) is 88.1 Å². The maximum absolute atomic E-state index is 11.1. The standard InChI is InChI=1S/C72H42N8/c73-43-46-14-13-23-55(36-46)70-76-71(56-28-30-64(58(37-56)44-74)79-66-32-24-51(47-15-5-1-6-16-47)39-60(66)61-40-52(25-33-67(61)79)48-17-7-2-8-18-48)78-72(77-70)57-29-31-65(59(38-57)45-75)80-68-34-26-53(49-19-9-3-10-20-49)41-62(68)63-42-54(27-35-69(63)80)50-21-11-4-12-22-50/h1-42H. The van der Waals surface area contributed by atoms with Gasteiger partial charge in [0, 0.05) is 38.2 Å². The molecule has 0 N–H and O–H groups in total. The van der Waals surface area contributed by atoms with Crippen molar-refractivity contribution in [2.24, 2.45) is 0 Å². The Bertz CT molecular complexity index is 4430. The molecule has 0 saturated carbocycles. The van der Waals surface area contributed by atoms with E-state index in [-0.39, 0.29) is 0 Å². The molecule has 14 aromatic rings. The van der Waals surface area contributed by atoms with E-state index in [1.54, 1.807) is 18.2 Å². The minimum Gasteiger partial charge on any atom is -0.308 e. The molecule has 0 radical (unpaired) electrons. The lowest BCUT2D eigenvalue weighted by Crippen LogP contribution is -2.03. The molecule has 0 aliphatic carbocycles. The number of nitriles is 3. The number of hydrogen-bond acceptors (Lipinski definition) is 6. The first-order chi connectivity index (χ1) is 39.5. The van der Waals surface area contributed by atoms with Crippen LogP contribution in [0.2, 0.25) is 0 Å². The summed E-state index contributed by atoms with van der Waals surface area (Å²) in [5.74, 6) is 0.987. The Balaban J connectivity index is 0.911. The minimum atomic E-state index is 0.325. The Morgan fingerprint density at radius 3 is 0.863 bits per heavy atom. The molecule has 8 nitrogen and oxygen atoms in total. The first-order valence-electron chi connectivity index (χ1n) is 26.2. The topological polar surface area (TPSA) is 120 Å². The molecule has 0 aliphatic heterocycles. The van der Waals surface area contributed by atoms with Crippen LogP contribution in [0.15, 0.2) is 255 Å². The zero-order valence-electron chi connectivity index (χ0n) is 42.8. The molecule has 0 bridgehead atoms. The molecule has 11 aromatic carbocycles. The van der Waals surface area contributed by atoms with E-state index in [9.17, 15) is 15.8 Å². The fourth-order valence-corrected chi connectivity index (χ4v) is 11.2. The molecule has 8 heteroatoms. The summed E-state index contributed by atoms with van der Waals surface area (Å²) in [5, 5.41) is 36.4. The average Bonchev–Trinajstić information content (AvgIpc) is 4.22. The molecule has 3 aromatic heterocycles. The van der Waals surface area contributed by atoms with Crippen LogP contribution in [-0.2, 0) is 0 Å². The van der Waals surface area contributed by atoms with Crippen molar-refractivity contribution in [2.45, 2.75) is 0 Å². The van der Waals surface area contributed by atoms with E-state index in [2.05, 4.69) is 149 Å². The van der Waals surface area contributed by atoms with Gasteiger partial charge in [-0.3, -0.25) is 0 Å². The van der Waals surface area contributed by atoms with Gasteiger partial charge >= 0.3 is 0 Å². The summed E-state index contributed by atoms with van der Waals surface area (Å²) < 4.78 is 4.33. The highest BCUT2D eigenvalue weighted by atomic mass is 15.0. The van der Waals surface area contributed by atoms with Crippen LogP contribution < -0.4 is 0 Å². The van der Waals surface area contributed by atoms with E-state index >= 15 is 0 Å². The van der Waals surface area contributed by atoms with Gasteiger partial charge in [-0.25, -0.2) is 15.0 Å². The number of rotatable bonds is 9. The Labute approximate surface area is 460 Å². The van der Waals surface area contributed by atoms with Gasteiger partial charge in [-0.15, -0.1) is 0 Å². The fraction of sp³-hybridized carbons (Fsp3) is 0. The molecular formula is C72H42N8. The van der Waals surface area contributed by atoms with E-state index in [4.69, 9.17) is 15.0 Å². The summed E-state index contributed by atoms with van der Waals surface area (Å²) in [6, 6.07) is 93.4. The third-order valence-electron chi connectivity index (χ3n) is 15.1. The van der Waals surface area contributed by atoms with Crippen LogP contribution >= 0.6 is 0 Å². The number of benzene rings is 11. The highest BCUT2D eigenvalue weighted by Crippen LogP contribution is 2.41. The predicted octanol–water partition coefficient (Wildman–Crippen LogP) is 17.3. The second-order valence-corrected chi connectivity index (χ2v) is 19.7. The van der Waals surface area contributed by atoms with Crippen LogP contribution in [0.4, 0.5) is 0 Å². The molecule has 0 aliphatic rings. The fourth-order valence-electron chi connectivity index (χ4n) is 11.2. The molecule has 0 saturated heterocycles. The van der Waals surface area contributed by atoms with Crippen molar-refractivity contribution in [1.29, 1.82) is 15.8 Å². The normalized spacial score (nSPS) is 11.2. The van der Waals surface area contributed by atoms with Gasteiger partial charge in [-0.05, 0) is 142 Å². The summed E-state index contributed by atoms with van der Waals surface area (Å²) in [4.78, 5) is 15.2. The van der Waals surface area contributed by atoms with Crippen molar-refractivity contribution in [1.82, 2.24) is 24.1 Å². The third-order valence-corrected chi connectivity index (χ3v) is 15.1. The quantitative estimate of drug-likeness (QED) is 0.142. The first-order valence-corrected chi connectivity index (χ1v) is 26.2. The lowest BCUT2D eigenvalue weighted by molar-refractivity contribution is 1.07. The van der Waals surface area contributed by atoms with Gasteiger partial charge in [0.25, 0.3) is 0 Å². The molecule has 14 rings (SSSR count). The number of hydrogen-bond donors (Lipinski definition) is 0. The minimum absolute atomic E-state index is 0.325. The summed E-state index contributed by atoms with van der Waals surface area (Å²) in [7, 11) is 0. The summed E-state index contributed by atoms with van der Waals surface area (Å²) in [6.07, 6.45) is 0. The third kappa shape index (κ3) is 8.20. The summed E-state index contributed by atoms with van der Waals surface area (Å²) >= 11 is 0. The Hall–Kier alpha value is -11.5. The monoisotopic (exact) mass is 1020 g/mol. The van der Waals surface area contributed by atoms with Crippen molar-refractivity contribution in [3.05, 3.63) is 271 Å². The van der Waals surface area contributed by atoms with Crippen LogP contribution in [0.3, 0.4) is 0 Å². The molecule has 0 atom stereocenters. The van der Waals surface area contributed by atoms with Gasteiger partial charge < -0.3 is 9.13 Å². The number of aromatic nitrogens is 5. The van der Waals surface area contributed by atoms with Crippen molar-refractivity contribution in [3.8, 4) is 108 Å². The molecular weight excluding hydrogens is 977 g/mol. The van der Waals surface area contributed by atoms with E-state index in [1.807, 2.05) is 115 Å². The Morgan fingerprint density at radius 1 is 0.250 bits per heavy atom. The van der Waals surface area contributed by atoms with Gasteiger partial charge in [-0.1, -0.05) is 158 Å². The van der Waals surface area contributed by atoms with Crippen LogP contribution in [0.5, 0.6) is 0 Å². The van der Waals surface area contributed by atoms with Gasteiger partial charge in [0.05, 0.1) is 56.2 Å². The van der Waals surface area contributed by atoms with Crippen LogP contribution in [0, 0.1) is 34.0 Å². The molecule has 0 unspecified atom stereocenters. The second kappa shape index (κ2) is 19.6. The SMILES string of the molecule is N#Cc1cccc(-c2nc(-c3ccc(-n4c5ccc(-c6ccccc6)cc5c5cc(-c6ccccc6)ccc54)c(C#N)c3)nc(-c3ccc(-n4c5ccc(-c6ccccc6)cc5c5cc(-c6ccccc6)ccc54)c(C#N)c3)n2)c1. The molecule has 0 amide bonds. The van der Waals surface area contributed by atoms with Crippen LogP contribution in [0.25, 0.3) is 134 Å². The Kier molecular flexibility index (Phi) is 11.5. The lowest BCUT2D eigenvalue weighted by Gasteiger charge is -2.14. The van der Waals surface area contributed by atoms with Crippen molar-refractivity contribution in [2.75, 3.05) is 0 Å². The zero-order valence-corrected chi connectivity index (χ0v) is 42.8. The smallest absolute Gasteiger partial charge is 0.164 e. The van der Waals surface area contributed by atoms with E-state index in [0.29, 0.717) is 62.2 Å². The van der Waals surface area contributed by atoms with Gasteiger partial charge in [-0.2, -0.15) is 15.8 Å². The van der Waals surface area contributed by atoms with Crippen molar-refractivity contribution >= 4 is 43.6 Å². The van der Waals surface area contributed by atoms with Gasteiger partial charge in [0.2, 0.25) is 0 Å². The highest BCUT2D eigenvalue weighted by molar-refractivity contribution is 6.13. The van der Waals surface area contributed by atoms with Crippen molar-refractivity contribution in [3.63, 3.8) is 0 Å². The lowest BCUT2D eigenvalue weighted by atomic mass is 10.0. The zero-order chi connectivity index (χ0) is 53.7. The maximum Gasteiger partial charge on any atom is 0.164 e. The van der Waals surface area contributed by atoms with Crippen LogP contribution in [0.1, 0.15) is 16.7 Å². The van der Waals surface area contributed by atoms with Crippen molar-refractivity contribution < 1.29 is 0 Å². The highest BCUT2D eigenvalue weighted by Gasteiger charge is 2.22. The predicted molar refractivity (Wildman–Crippen MR) is 321 cm³/mol. The molecule has 3 heterocycles. The first kappa shape index (κ1) is 47.0. The number of fused-ring (bicyclic) bond motifs is 6. The van der Waals surface area contributed by atoms with Gasteiger partial charge in [0.15, 0.2) is 17.5 Å². The largest absolute Gasteiger partial charge is 0.308 e. The van der Waals surface area contributed by atoms with E-state index in [1.165, 1.54) is 0 Å². The summed E-state index contributed by atoms with van der Waals surface area (Å²) in [5.41, 5.74) is 17.2. The Morgan fingerprint density at radius 2 is 0.550 bits per heavy atom. The summed E-state index contributed by atoms with van der Waals surface area (Å²) in [6.45, 7) is 0. The molecule has 0 spiro atoms. The maximum atomic E-state index is 11.1. The number of nitrogens with zero attached hydrogens (tertiary/aromatic N) is 8.